The van der Waals surface area contributed by atoms with E-state index in [0.717, 1.165) is 18.0 Å². The lowest BCUT2D eigenvalue weighted by atomic mass is 10.3. The van der Waals surface area contributed by atoms with Crippen LogP contribution in [0.1, 0.15) is 6.92 Å². The molecule has 0 fully saturated rings. The highest BCUT2D eigenvalue weighted by Crippen LogP contribution is 2.26. The van der Waals surface area contributed by atoms with Gasteiger partial charge in [-0.05, 0) is 31.2 Å². The Morgan fingerprint density at radius 3 is 2.47 bits per heavy atom. The molecule has 0 atom stereocenters. The molecule has 0 saturated heterocycles. The minimum atomic E-state index is 0.500. The molecule has 0 bridgehead atoms. The molecule has 0 aliphatic heterocycles. The first-order valence-electron chi connectivity index (χ1n) is 6.00. The van der Waals surface area contributed by atoms with Gasteiger partial charge in [-0.2, -0.15) is 0 Å². The third-order valence-corrected chi connectivity index (χ3v) is 2.58. The van der Waals surface area contributed by atoms with Gasteiger partial charge in [-0.15, -0.1) is 0 Å². The number of nitrogens with one attached hydrogen (secondary N) is 2. The molecule has 0 unspecified atom stereocenters. The van der Waals surface area contributed by atoms with E-state index in [9.17, 15) is 0 Å². The standard InChI is InChI=1S/C13H17N5O/c1-3-15-12-11(14)13(17-8-16-12)18-9-4-6-10(19-2)7-5-9/h4-8H,3,14H2,1-2H3,(H2,15,16,17,18). The van der Waals surface area contributed by atoms with Gasteiger partial charge in [-0.1, -0.05) is 0 Å². The number of nitrogen functional groups attached to an aromatic ring is 1. The number of anilines is 4. The first kappa shape index (κ1) is 12.9. The number of nitrogens with zero attached hydrogens (tertiary/aromatic N) is 2. The third-order valence-electron chi connectivity index (χ3n) is 2.58. The highest BCUT2D eigenvalue weighted by molar-refractivity contribution is 5.77. The van der Waals surface area contributed by atoms with Crippen molar-refractivity contribution in [3.8, 4) is 5.75 Å². The fraction of sp³-hybridized carbons (Fsp3) is 0.231. The molecule has 0 amide bonds. The normalized spacial score (nSPS) is 10.0. The lowest BCUT2D eigenvalue weighted by molar-refractivity contribution is 0.415. The summed E-state index contributed by atoms with van der Waals surface area (Å²) in [5.41, 5.74) is 7.38. The van der Waals surface area contributed by atoms with E-state index >= 15 is 0 Å². The van der Waals surface area contributed by atoms with Crippen LogP contribution in [0, 0.1) is 0 Å². The van der Waals surface area contributed by atoms with Crippen LogP contribution in [0.5, 0.6) is 5.75 Å². The molecule has 6 nitrogen and oxygen atoms in total. The summed E-state index contributed by atoms with van der Waals surface area (Å²) < 4.78 is 5.11. The summed E-state index contributed by atoms with van der Waals surface area (Å²) in [4.78, 5) is 8.23. The Hall–Kier alpha value is -2.50. The van der Waals surface area contributed by atoms with Crippen LogP contribution < -0.4 is 21.1 Å². The fourth-order valence-electron chi connectivity index (χ4n) is 1.61. The molecule has 1 aromatic carbocycles. The lowest BCUT2D eigenvalue weighted by Crippen LogP contribution is -2.07. The van der Waals surface area contributed by atoms with Crippen molar-refractivity contribution in [2.24, 2.45) is 0 Å². The maximum Gasteiger partial charge on any atom is 0.159 e. The molecule has 2 rings (SSSR count). The van der Waals surface area contributed by atoms with Crippen molar-refractivity contribution in [1.82, 2.24) is 9.97 Å². The number of rotatable bonds is 5. The largest absolute Gasteiger partial charge is 0.497 e. The molecule has 0 radical (unpaired) electrons. The van der Waals surface area contributed by atoms with Gasteiger partial charge in [0, 0.05) is 12.2 Å². The topological polar surface area (TPSA) is 85.1 Å². The second-order valence-corrected chi connectivity index (χ2v) is 3.87. The second-order valence-electron chi connectivity index (χ2n) is 3.87. The van der Waals surface area contributed by atoms with Crippen molar-refractivity contribution < 1.29 is 4.74 Å². The summed E-state index contributed by atoms with van der Waals surface area (Å²) in [5.74, 6) is 2.01. The average Bonchev–Trinajstić information content (AvgIpc) is 2.44. The third kappa shape index (κ3) is 3.04. The van der Waals surface area contributed by atoms with Gasteiger partial charge in [-0.25, -0.2) is 9.97 Å². The molecule has 1 heterocycles. The van der Waals surface area contributed by atoms with Crippen molar-refractivity contribution in [3.05, 3.63) is 30.6 Å². The van der Waals surface area contributed by atoms with Gasteiger partial charge in [-0.3, -0.25) is 0 Å². The first-order chi connectivity index (χ1) is 9.24. The predicted molar refractivity (Wildman–Crippen MR) is 76.9 cm³/mol. The highest BCUT2D eigenvalue weighted by atomic mass is 16.5. The summed E-state index contributed by atoms with van der Waals surface area (Å²) in [5, 5.41) is 6.23. The van der Waals surface area contributed by atoms with Crippen LogP contribution in [0.4, 0.5) is 23.0 Å². The number of aromatic nitrogens is 2. The van der Waals surface area contributed by atoms with E-state index in [0.29, 0.717) is 17.3 Å². The summed E-state index contributed by atoms with van der Waals surface area (Å²) in [6, 6.07) is 7.52. The molecule has 6 heteroatoms. The average molecular weight is 259 g/mol. The molecule has 0 aliphatic rings. The van der Waals surface area contributed by atoms with Gasteiger partial charge < -0.3 is 21.1 Å². The van der Waals surface area contributed by atoms with Gasteiger partial charge in [0.2, 0.25) is 0 Å². The maximum absolute atomic E-state index is 6.00. The van der Waals surface area contributed by atoms with E-state index in [2.05, 4.69) is 20.6 Å². The Morgan fingerprint density at radius 1 is 1.16 bits per heavy atom. The molecular weight excluding hydrogens is 242 g/mol. The number of ether oxygens (including phenoxy) is 1. The van der Waals surface area contributed by atoms with Gasteiger partial charge >= 0.3 is 0 Å². The van der Waals surface area contributed by atoms with Crippen LogP contribution in [0.25, 0.3) is 0 Å². The molecule has 1 aromatic heterocycles. The van der Waals surface area contributed by atoms with Crippen molar-refractivity contribution in [3.63, 3.8) is 0 Å². The van der Waals surface area contributed by atoms with Gasteiger partial charge in [0.1, 0.15) is 17.8 Å². The molecular formula is C13H17N5O. The Labute approximate surface area is 112 Å². The van der Waals surface area contributed by atoms with Gasteiger partial charge in [0.05, 0.1) is 7.11 Å². The van der Waals surface area contributed by atoms with Crippen LogP contribution in [-0.4, -0.2) is 23.6 Å². The lowest BCUT2D eigenvalue weighted by Gasteiger charge is -2.11. The molecule has 2 aromatic rings. The quantitative estimate of drug-likeness (QED) is 0.763. The molecule has 4 N–H and O–H groups in total. The molecule has 19 heavy (non-hydrogen) atoms. The first-order valence-corrected chi connectivity index (χ1v) is 6.00. The van der Waals surface area contributed by atoms with E-state index in [-0.39, 0.29) is 0 Å². The summed E-state index contributed by atoms with van der Waals surface area (Å²) in [6.07, 6.45) is 1.47. The van der Waals surface area contributed by atoms with Crippen molar-refractivity contribution in [2.45, 2.75) is 6.92 Å². The Kier molecular flexibility index (Phi) is 4.02. The maximum atomic E-state index is 6.00. The number of methoxy groups -OCH3 is 1. The van der Waals surface area contributed by atoms with Crippen LogP contribution in [0.15, 0.2) is 30.6 Å². The number of nitrogens with two attached hydrogens (primary N) is 1. The smallest absolute Gasteiger partial charge is 0.159 e. The van der Waals surface area contributed by atoms with Gasteiger partial charge in [0.15, 0.2) is 11.6 Å². The second kappa shape index (κ2) is 5.90. The monoisotopic (exact) mass is 259 g/mol. The van der Waals surface area contributed by atoms with Crippen molar-refractivity contribution in [2.75, 3.05) is 30.0 Å². The van der Waals surface area contributed by atoms with E-state index in [1.165, 1.54) is 6.33 Å². The van der Waals surface area contributed by atoms with E-state index < -0.39 is 0 Å². The number of hydrogen-bond acceptors (Lipinski definition) is 6. The fourth-order valence-corrected chi connectivity index (χ4v) is 1.61. The van der Waals surface area contributed by atoms with Crippen LogP contribution in [-0.2, 0) is 0 Å². The molecule has 0 aliphatic carbocycles. The Morgan fingerprint density at radius 2 is 1.84 bits per heavy atom. The number of benzene rings is 1. The van der Waals surface area contributed by atoms with E-state index in [4.69, 9.17) is 10.5 Å². The Bertz CT molecular complexity index is 541. The SMILES string of the molecule is CCNc1ncnc(Nc2ccc(OC)cc2)c1N. The zero-order valence-corrected chi connectivity index (χ0v) is 11.0. The van der Waals surface area contributed by atoms with Crippen molar-refractivity contribution >= 4 is 23.0 Å². The minimum Gasteiger partial charge on any atom is -0.497 e. The predicted octanol–water partition coefficient (Wildman–Crippen LogP) is 2.24. The Balaban J connectivity index is 2.20. The van der Waals surface area contributed by atoms with Crippen LogP contribution >= 0.6 is 0 Å². The summed E-state index contributed by atoms with van der Waals surface area (Å²) in [6.45, 7) is 2.74. The highest BCUT2D eigenvalue weighted by Gasteiger charge is 2.07. The van der Waals surface area contributed by atoms with E-state index in [1.54, 1.807) is 7.11 Å². The molecule has 0 spiro atoms. The van der Waals surface area contributed by atoms with Crippen molar-refractivity contribution in [1.29, 1.82) is 0 Å². The zero-order valence-electron chi connectivity index (χ0n) is 11.0. The molecule has 100 valence electrons. The van der Waals surface area contributed by atoms with E-state index in [1.807, 2.05) is 31.2 Å². The van der Waals surface area contributed by atoms with Crippen LogP contribution in [0.3, 0.4) is 0 Å². The van der Waals surface area contributed by atoms with Crippen LogP contribution in [0.2, 0.25) is 0 Å². The minimum absolute atomic E-state index is 0.500. The summed E-state index contributed by atoms with van der Waals surface area (Å²) >= 11 is 0. The van der Waals surface area contributed by atoms with Gasteiger partial charge in [0.25, 0.3) is 0 Å². The summed E-state index contributed by atoms with van der Waals surface area (Å²) in [7, 11) is 1.63. The molecule has 0 saturated carbocycles. The number of hydrogen-bond donors (Lipinski definition) is 3. The zero-order chi connectivity index (χ0) is 13.7.